The van der Waals surface area contributed by atoms with Gasteiger partial charge in [0.2, 0.25) is 0 Å². The zero-order chi connectivity index (χ0) is 48.6. The van der Waals surface area contributed by atoms with Crippen molar-refractivity contribution in [2.24, 2.45) is 78.8 Å². The van der Waals surface area contributed by atoms with Gasteiger partial charge >= 0.3 is 29.8 Å². The van der Waals surface area contributed by atoms with Gasteiger partial charge in [0.25, 0.3) is 0 Å². The predicted molar refractivity (Wildman–Crippen MR) is 226 cm³/mol. The van der Waals surface area contributed by atoms with E-state index in [-0.39, 0.29) is 69.4 Å². The number of carbonyl (C=O) groups excluding carboxylic acids is 9. The van der Waals surface area contributed by atoms with E-state index in [1.807, 2.05) is 6.92 Å². The number of aliphatic hydroxyl groups is 2. The van der Waals surface area contributed by atoms with E-state index in [4.69, 9.17) is 23.7 Å². The van der Waals surface area contributed by atoms with Crippen LogP contribution in [0.1, 0.15) is 134 Å². The van der Waals surface area contributed by atoms with Crippen molar-refractivity contribution < 1.29 is 77.0 Å². The van der Waals surface area contributed by atoms with Crippen molar-refractivity contribution in [3.05, 3.63) is 0 Å². The molecule has 0 amide bonds. The van der Waals surface area contributed by atoms with Gasteiger partial charge in [0.1, 0.15) is 36.0 Å². The highest BCUT2D eigenvalue weighted by molar-refractivity contribution is 6.10. The minimum atomic E-state index is -1.89. The summed E-state index contributed by atoms with van der Waals surface area (Å²) in [6.07, 6.45) is -7.86. The Morgan fingerprint density at radius 2 is 0.955 bits per heavy atom. The molecule has 0 aromatic carbocycles. The molecule has 9 aliphatic carbocycles. The summed E-state index contributed by atoms with van der Waals surface area (Å²) in [5, 5.41) is 23.2. The first-order valence-electron chi connectivity index (χ1n) is 23.9. The highest BCUT2D eigenvalue weighted by atomic mass is 16.6. The first kappa shape index (κ1) is 47.0. The van der Waals surface area contributed by atoms with Gasteiger partial charge < -0.3 is 33.9 Å². The molecule has 9 fully saturated rings. The summed E-state index contributed by atoms with van der Waals surface area (Å²) in [5.41, 5.74) is -11.5. The van der Waals surface area contributed by atoms with Crippen molar-refractivity contribution >= 4 is 53.0 Å². The fourth-order valence-corrected chi connectivity index (χ4v) is 18.9. The van der Waals surface area contributed by atoms with E-state index in [1.165, 1.54) is 27.7 Å². The van der Waals surface area contributed by atoms with Gasteiger partial charge in [-0.25, -0.2) is 0 Å². The summed E-state index contributed by atoms with van der Waals surface area (Å²) in [5.74, 6) is -10.6. The minimum Gasteiger partial charge on any atom is -0.462 e. The Bertz CT molecular complexity index is 2260. The number of aliphatic hydroxyl groups excluding tert-OH is 2. The summed E-state index contributed by atoms with van der Waals surface area (Å²) < 4.78 is 30.7. The quantitative estimate of drug-likeness (QED) is 0.293. The Balaban J connectivity index is 1.26. The van der Waals surface area contributed by atoms with Gasteiger partial charge in [-0.15, -0.1) is 0 Å². The monoisotopic (exact) mass is 922 g/mol. The molecular weight excluding hydrogens is 857 g/mol. The van der Waals surface area contributed by atoms with Crippen molar-refractivity contribution in [3.63, 3.8) is 0 Å². The van der Waals surface area contributed by atoms with E-state index in [2.05, 4.69) is 0 Å². The fraction of sp³-hybridized carbons (Fsp3) is 0.820. The van der Waals surface area contributed by atoms with Gasteiger partial charge in [-0.1, -0.05) is 41.5 Å². The topological polar surface area (TPSA) is 240 Å². The van der Waals surface area contributed by atoms with E-state index in [0.717, 1.165) is 6.92 Å². The second kappa shape index (κ2) is 14.3. The number of esters is 5. The Morgan fingerprint density at radius 1 is 0.530 bits per heavy atom. The Morgan fingerprint density at radius 3 is 1.42 bits per heavy atom. The Kier molecular flexibility index (Phi) is 10.2. The van der Waals surface area contributed by atoms with E-state index in [1.54, 1.807) is 34.6 Å². The number of Topliss-reactive ketones (excluding diaryl/α,β-unsaturated/α-hetero) is 4. The van der Waals surface area contributed by atoms with Gasteiger partial charge in [-0.2, -0.15) is 0 Å². The van der Waals surface area contributed by atoms with Crippen LogP contribution >= 0.6 is 0 Å². The molecule has 19 atom stereocenters. The van der Waals surface area contributed by atoms with Crippen LogP contribution in [0, 0.1) is 78.8 Å². The highest BCUT2D eigenvalue weighted by Crippen LogP contribution is 2.85. The summed E-state index contributed by atoms with van der Waals surface area (Å²) in [6.45, 7) is 16.6. The third-order valence-electron chi connectivity index (χ3n) is 20.3. The highest BCUT2D eigenvalue weighted by Gasteiger charge is 2.91. The van der Waals surface area contributed by atoms with Gasteiger partial charge in [0.05, 0.1) is 17.6 Å². The van der Waals surface area contributed by atoms with E-state index >= 15 is 19.2 Å². The Labute approximate surface area is 384 Å². The number of hydrogen-bond donors (Lipinski definition) is 2. The predicted octanol–water partition coefficient (Wildman–Crippen LogP) is 3.98. The lowest BCUT2D eigenvalue weighted by Gasteiger charge is -2.66. The second-order valence-corrected chi connectivity index (χ2v) is 23.8. The van der Waals surface area contributed by atoms with Crippen LogP contribution in [0.5, 0.6) is 0 Å². The molecular formula is C50H66O16. The summed E-state index contributed by atoms with van der Waals surface area (Å²) in [6, 6.07) is 0. The van der Waals surface area contributed by atoms with Crippen LogP contribution in [0.15, 0.2) is 0 Å². The largest absolute Gasteiger partial charge is 0.462 e. The molecule has 9 aliphatic rings. The summed E-state index contributed by atoms with van der Waals surface area (Å²) in [4.78, 5) is 130. The number of ether oxygens (including phenoxy) is 5. The van der Waals surface area contributed by atoms with Gasteiger partial charge in [-0.3, -0.25) is 43.2 Å². The van der Waals surface area contributed by atoms with Crippen molar-refractivity contribution in [1.82, 2.24) is 0 Å². The third kappa shape index (κ3) is 5.37. The van der Waals surface area contributed by atoms with Crippen molar-refractivity contribution in [3.8, 4) is 0 Å². The SMILES string of the molecule is CC(=O)O[C@H]1C[C@@H]2C[C@@]3(CC(=O)[C@@H]4C(C)(C)[C@@H](O)C[C@H](OC(C)=O)[C@@]4(C)[C@H]13)C(=O)[C@]21CC[C@@]12C(=O)[C@]13C[C@H]2C[C@H](OC(C)=O)[C@H]1[C@]1(C)[C@@H](OC(C)=O)C[C@H](O)C(C)(C)[C@H]1C(=O)[C@@H]3OC(C)=O. The molecule has 4 spiro atoms. The lowest BCUT2D eigenvalue weighted by atomic mass is 9.37. The van der Waals surface area contributed by atoms with Gasteiger partial charge in [-0.05, 0) is 50.4 Å². The molecule has 2 N–H and O–H groups in total. The number of hydrogen-bond acceptors (Lipinski definition) is 16. The average Bonchev–Trinajstić information content (AvgIpc) is 3.48. The molecule has 0 saturated heterocycles. The number of fused-ring (bicyclic) bond motifs is 9. The standard InChI is InChI=1S/C50H66O16/c1-21(51)62-29-14-26-18-47(20-28(56)36-43(6,7)31(57)16-33(64-23(3)53)45(36,10)37(29)47)41(60)49(26)12-13-50(49)27-15-30(63-22(2)52)38-46(11)34(65-24(4)54)17-32(58)44(8,9)39(46)35(59)40(66-25(5)55)48(38,19-27)42(50)61/h26-27,29-34,36-40,57-58H,12-20H2,1-11H3/t26-,27-,29+,30+,31+,32+,33+,34+,36-,37+,38+,39-,40+,45-,46+,47+,48-,49+,50-/m1/s1. The van der Waals surface area contributed by atoms with Crippen LogP contribution in [-0.4, -0.2) is 106 Å². The van der Waals surface area contributed by atoms with Crippen LogP contribution in [0.4, 0.5) is 0 Å². The molecule has 0 aromatic rings. The minimum absolute atomic E-state index is 0.0269. The number of carbonyl (C=O) groups is 9. The van der Waals surface area contributed by atoms with E-state index in [9.17, 15) is 34.2 Å². The molecule has 9 rings (SSSR count). The van der Waals surface area contributed by atoms with E-state index < -0.39 is 163 Å². The summed E-state index contributed by atoms with van der Waals surface area (Å²) >= 11 is 0. The van der Waals surface area contributed by atoms with Crippen molar-refractivity contribution in [2.45, 2.75) is 177 Å². The third-order valence-corrected chi connectivity index (χ3v) is 20.3. The molecule has 16 nitrogen and oxygen atoms in total. The maximum absolute atomic E-state index is 16.8. The van der Waals surface area contributed by atoms with Crippen molar-refractivity contribution in [2.75, 3.05) is 0 Å². The maximum atomic E-state index is 16.8. The molecule has 16 heteroatoms. The zero-order valence-electron chi connectivity index (χ0n) is 40.0. The summed E-state index contributed by atoms with van der Waals surface area (Å²) in [7, 11) is 0. The zero-order valence-corrected chi connectivity index (χ0v) is 40.0. The second-order valence-electron chi connectivity index (χ2n) is 23.8. The van der Waals surface area contributed by atoms with Gasteiger partial charge in [0.15, 0.2) is 17.7 Å². The van der Waals surface area contributed by atoms with E-state index in [0.29, 0.717) is 0 Å². The molecule has 0 radical (unpaired) electrons. The molecule has 362 valence electrons. The number of ketones is 4. The van der Waals surface area contributed by atoms with Crippen LogP contribution in [0.2, 0.25) is 0 Å². The lowest BCUT2D eigenvalue weighted by Crippen LogP contribution is -2.76. The fourth-order valence-electron chi connectivity index (χ4n) is 18.9. The molecule has 0 aliphatic heterocycles. The van der Waals surface area contributed by atoms with Crippen molar-refractivity contribution in [1.29, 1.82) is 0 Å². The van der Waals surface area contributed by atoms with Crippen LogP contribution in [0.3, 0.4) is 0 Å². The van der Waals surface area contributed by atoms with Crippen LogP contribution < -0.4 is 0 Å². The van der Waals surface area contributed by atoms with Crippen LogP contribution in [0.25, 0.3) is 0 Å². The smallest absolute Gasteiger partial charge is 0.303 e. The normalized spacial score (nSPS) is 49.9. The average molecular weight is 923 g/mol. The molecule has 9 saturated carbocycles. The first-order chi connectivity index (χ1) is 30.5. The van der Waals surface area contributed by atoms with Gasteiger partial charge in [0, 0.05) is 115 Å². The molecule has 66 heavy (non-hydrogen) atoms. The number of rotatable bonds is 5. The first-order valence-corrected chi connectivity index (χ1v) is 23.9. The Hall–Kier alpha value is -4.05. The maximum Gasteiger partial charge on any atom is 0.303 e. The molecule has 0 aromatic heterocycles. The van der Waals surface area contributed by atoms with Crippen LogP contribution in [-0.2, 0) is 66.8 Å². The molecule has 0 heterocycles. The molecule has 4 bridgehead atoms. The lowest BCUT2D eigenvalue weighted by molar-refractivity contribution is -0.263. The molecule has 0 unspecified atom stereocenters.